The summed E-state index contributed by atoms with van der Waals surface area (Å²) in [6, 6.07) is 3.54. The van der Waals surface area contributed by atoms with Gasteiger partial charge < -0.3 is 5.32 Å². The quantitative estimate of drug-likeness (QED) is 0.688. The Kier molecular flexibility index (Phi) is 7.15. The van der Waals surface area contributed by atoms with Gasteiger partial charge in [-0.05, 0) is 44.4 Å². The first-order valence-electron chi connectivity index (χ1n) is 7.17. The van der Waals surface area contributed by atoms with Gasteiger partial charge in [-0.2, -0.15) is 0 Å². The maximum absolute atomic E-state index is 12.2. The summed E-state index contributed by atoms with van der Waals surface area (Å²) in [5, 5.41) is 3.28. The highest BCUT2D eigenvalue weighted by atomic mass is 32.2. The number of thiophene rings is 1. The van der Waals surface area contributed by atoms with Gasteiger partial charge in [0.1, 0.15) is 4.21 Å². The number of rotatable bonds is 9. The molecule has 20 heavy (non-hydrogen) atoms. The lowest BCUT2D eigenvalue weighted by Gasteiger charge is -2.15. The first-order chi connectivity index (χ1) is 9.35. The van der Waals surface area contributed by atoms with Crippen molar-refractivity contribution in [2.75, 3.05) is 6.54 Å². The number of hydrogen-bond donors (Lipinski definition) is 2. The highest BCUT2D eigenvalue weighted by Gasteiger charge is 2.19. The molecular formula is C14H26N2O2S2. The molecule has 2 N–H and O–H groups in total. The summed E-state index contributed by atoms with van der Waals surface area (Å²) in [5.41, 5.74) is 0. The highest BCUT2D eigenvalue weighted by Crippen LogP contribution is 2.22. The molecule has 0 aliphatic heterocycles. The van der Waals surface area contributed by atoms with Crippen LogP contribution >= 0.6 is 11.3 Å². The molecule has 1 heterocycles. The van der Waals surface area contributed by atoms with Gasteiger partial charge in [0.25, 0.3) is 0 Å². The topological polar surface area (TPSA) is 58.2 Å². The van der Waals surface area contributed by atoms with E-state index < -0.39 is 10.0 Å². The van der Waals surface area contributed by atoms with Crippen LogP contribution in [0, 0.1) is 5.92 Å². The van der Waals surface area contributed by atoms with E-state index in [-0.39, 0.29) is 6.04 Å². The number of nitrogens with one attached hydrogen (secondary N) is 2. The van der Waals surface area contributed by atoms with Gasteiger partial charge in [0.2, 0.25) is 10.0 Å². The van der Waals surface area contributed by atoms with E-state index in [1.807, 2.05) is 13.0 Å². The molecule has 1 aromatic heterocycles. The number of hydrogen-bond acceptors (Lipinski definition) is 4. The van der Waals surface area contributed by atoms with Gasteiger partial charge in [-0.15, -0.1) is 11.3 Å². The molecule has 116 valence electrons. The molecule has 1 aromatic rings. The van der Waals surface area contributed by atoms with Gasteiger partial charge in [0.05, 0.1) is 0 Å². The maximum Gasteiger partial charge on any atom is 0.250 e. The molecule has 0 saturated carbocycles. The van der Waals surface area contributed by atoms with Crippen molar-refractivity contribution in [2.45, 2.75) is 57.3 Å². The Morgan fingerprint density at radius 2 is 1.95 bits per heavy atom. The Bertz CT molecular complexity index is 495. The van der Waals surface area contributed by atoms with Crippen LogP contribution in [0.3, 0.4) is 0 Å². The average Bonchev–Trinajstić information content (AvgIpc) is 2.76. The van der Waals surface area contributed by atoms with E-state index in [9.17, 15) is 8.42 Å². The SMILES string of the molecule is CCCNCc1ccc(S(=O)(=O)NC(C)CC(C)C)s1. The molecule has 4 nitrogen and oxygen atoms in total. The summed E-state index contributed by atoms with van der Waals surface area (Å²) in [5.74, 6) is 0.477. The van der Waals surface area contributed by atoms with E-state index >= 15 is 0 Å². The third-order valence-corrected chi connectivity index (χ3v) is 5.98. The summed E-state index contributed by atoms with van der Waals surface area (Å²) >= 11 is 1.34. The first-order valence-corrected chi connectivity index (χ1v) is 9.47. The van der Waals surface area contributed by atoms with Crippen LogP contribution in [-0.2, 0) is 16.6 Å². The van der Waals surface area contributed by atoms with Gasteiger partial charge in [0.15, 0.2) is 0 Å². The van der Waals surface area contributed by atoms with Crippen LogP contribution in [0.5, 0.6) is 0 Å². The molecule has 0 bridgehead atoms. The second-order valence-electron chi connectivity index (χ2n) is 5.55. The van der Waals surface area contributed by atoms with Crippen LogP contribution in [0.4, 0.5) is 0 Å². The largest absolute Gasteiger partial charge is 0.312 e. The standard InChI is InChI=1S/C14H26N2O2S2/c1-5-8-15-10-13-6-7-14(19-13)20(17,18)16-12(4)9-11(2)3/h6-7,11-12,15-16H,5,8-10H2,1-4H3. The summed E-state index contributed by atoms with van der Waals surface area (Å²) in [4.78, 5) is 1.05. The van der Waals surface area contributed by atoms with Crippen LogP contribution in [0.15, 0.2) is 16.3 Å². The predicted molar refractivity (Wildman–Crippen MR) is 85.6 cm³/mol. The zero-order chi connectivity index (χ0) is 15.2. The van der Waals surface area contributed by atoms with Gasteiger partial charge in [0, 0.05) is 17.5 Å². The molecule has 0 fully saturated rings. The van der Waals surface area contributed by atoms with Gasteiger partial charge in [-0.3, -0.25) is 0 Å². The summed E-state index contributed by atoms with van der Waals surface area (Å²) in [7, 11) is -3.37. The van der Waals surface area contributed by atoms with Crippen LogP contribution in [0.2, 0.25) is 0 Å². The van der Waals surface area contributed by atoms with Crippen LogP contribution in [0.1, 0.15) is 45.4 Å². The van der Waals surface area contributed by atoms with Crippen molar-refractivity contribution in [3.63, 3.8) is 0 Å². The van der Waals surface area contributed by atoms with Crippen molar-refractivity contribution in [1.29, 1.82) is 0 Å². The summed E-state index contributed by atoms with van der Waals surface area (Å²) in [6.07, 6.45) is 1.92. The fourth-order valence-electron chi connectivity index (χ4n) is 2.06. The monoisotopic (exact) mass is 318 g/mol. The average molecular weight is 319 g/mol. The van der Waals surface area contributed by atoms with Crippen LogP contribution in [-0.4, -0.2) is 21.0 Å². The van der Waals surface area contributed by atoms with Crippen molar-refractivity contribution >= 4 is 21.4 Å². The van der Waals surface area contributed by atoms with Crippen LogP contribution in [0.25, 0.3) is 0 Å². The van der Waals surface area contributed by atoms with Gasteiger partial charge in [-0.25, -0.2) is 13.1 Å². The van der Waals surface area contributed by atoms with Crippen molar-refractivity contribution in [3.8, 4) is 0 Å². The van der Waals surface area contributed by atoms with Crippen molar-refractivity contribution in [3.05, 3.63) is 17.0 Å². The second kappa shape index (κ2) is 8.12. The normalized spacial score (nSPS) is 13.8. The Morgan fingerprint density at radius 1 is 1.25 bits per heavy atom. The molecule has 6 heteroatoms. The molecule has 1 rings (SSSR count). The Balaban J connectivity index is 2.63. The lowest BCUT2D eigenvalue weighted by Crippen LogP contribution is -2.33. The Hall–Kier alpha value is -0.430. The second-order valence-corrected chi connectivity index (χ2v) is 8.66. The molecule has 0 aromatic carbocycles. The molecule has 0 aliphatic rings. The molecule has 0 aliphatic carbocycles. The minimum absolute atomic E-state index is 0.0382. The van der Waals surface area contributed by atoms with Crippen molar-refractivity contribution in [2.24, 2.45) is 5.92 Å². The minimum atomic E-state index is -3.37. The molecule has 0 spiro atoms. The zero-order valence-electron chi connectivity index (χ0n) is 12.8. The van der Waals surface area contributed by atoms with Crippen molar-refractivity contribution in [1.82, 2.24) is 10.0 Å². The molecule has 0 amide bonds. The predicted octanol–water partition coefficient (Wildman–Crippen LogP) is 2.96. The van der Waals surface area contributed by atoms with E-state index in [1.54, 1.807) is 6.07 Å². The molecule has 1 unspecified atom stereocenters. The minimum Gasteiger partial charge on any atom is -0.312 e. The van der Waals surface area contributed by atoms with E-state index in [0.29, 0.717) is 10.1 Å². The van der Waals surface area contributed by atoms with E-state index in [1.165, 1.54) is 11.3 Å². The van der Waals surface area contributed by atoms with E-state index in [2.05, 4.69) is 30.8 Å². The maximum atomic E-state index is 12.2. The summed E-state index contributed by atoms with van der Waals surface area (Å²) in [6.45, 7) is 9.88. The third kappa shape index (κ3) is 5.91. The first kappa shape index (κ1) is 17.6. The third-order valence-electron chi connectivity index (χ3n) is 2.81. The van der Waals surface area contributed by atoms with E-state index in [4.69, 9.17) is 0 Å². The molecular weight excluding hydrogens is 292 g/mol. The van der Waals surface area contributed by atoms with E-state index in [0.717, 1.165) is 30.8 Å². The number of sulfonamides is 1. The smallest absolute Gasteiger partial charge is 0.250 e. The Morgan fingerprint density at radius 3 is 2.55 bits per heavy atom. The van der Waals surface area contributed by atoms with Crippen LogP contribution < -0.4 is 10.0 Å². The van der Waals surface area contributed by atoms with Gasteiger partial charge >= 0.3 is 0 Å². The molecule has 0 radical (unpaired) electrons. The highest BCUT2D eigenvalue weighted by molar-refractivity contribution is 7.91. The van der Waals surface area contributed by atoms with Crippen molar-refractivity contribution < 1.29 is 8.42 Å². The zero-order valence-corrected chi connectivity index (χ0v) is 14.4. The fraction of sp³-hybridized carbons (Fsp3) is 0.714. The molecule has 0 saturated heterocycles. The lowest BCUT2D eigenvalue weighted by molar-refractivity contribution is 0.483. The summed E-state index contributed by atoms with van der Waals surface area (Å²) < 4.78 is 27.6. The molecule has 1 atom stereocenters. The lowest BCUT2D eigenvalue weighted by atomic mass is 10.1. The van der Waals surface area contributed by atoms with Gasteiger partial charge in [-0.1, -0.05) is 20.8 Å². The fourth-order valence-corrected chi connectivity index (χ4v) is 4.66. The Labute approximate surface area is 127 Å².